The number of allylic oxidation sites excluding steroid dienone is 1. The SMILES string of the molecule is OC1(C2(c3ccccc3)SCCCS2)C=CCCC1. The lowest BCUT2D eigenvalue weighted by atomic mass is 9.84. The van der Waals surface area contributed by atoms with E-state index in [0.717, 1.165) is 30.8 Å². The van der Waals surface area contributed by atoms with E-state index in [0.29, 0.717) is 0 Å². The Labute approximate surface area is 123 Å². The van der Waals surface area contributed by atoms with Crippen LogP contribution in [0.2, 0.25) is 0 Å². The number of hydrogen-bond donors (Lipinski definition) is 1. The summed E-state index contributed by atoms with van der Waals surface area (Å²) in [5, 5.41) is 11.3. The second-order valence-corrected chi connectivity index (χ2v) is 8.13. The quantitative estimate of drug-likeness (QED) is 0.826. The summed E-state index contributed by atoms with van der Waals surface area (Å²) in [6, 6.07) is 10.6. The summed E-state index contributed by atoms with van der Waals surface area (Å²) in [4.78, 5) is 0. The van der Waals surface area contributed by atoms with Crippen molar-refractivity contribution in [3.8, 4) is 0 Å². The van der Waals surface area contributed by atoms with Crippen LogP contribution in [0.5, 0.6) is 0 Å². The lowest BCUT2D eigenvalue weighted by molar-refractivity contribution is 0.0609. The van der Waals surface area contributed by atoms with E-state index in [1.165, 1.54) is 12.0 Å². The molecule has 1 aromatic carbocycles. The van der Waals surface area contributed by atoms with Crippen LogP contribution in [0, 0.1) is 0 Å². The van der Waals surface area contributed by atoms with E-state index in [4.69, 9.17) is 0 Å². The lowest BCUT2D eigenvalue weighted by Crippen LogP contribution is -2.48. The molecule has 2 aliphatic rings. The summed E-state index contributed by atoms with van der Waals surface area (Å²) in [6.45, 7) is 0. The third kappa shape index (κ3) is 2.37. The van der Waals surface area contributed by atoms with Gasteiger partial charge in [0, 0.05) is 0 Å². The molecule has 1 aliphatic carbocycles. The lowest BCUT2D eigenvalue weighted by Gasteiger charge is -2.48. The van der Waals surface area contributed by atoms with E-state index in [-0.39, 0.29) is 4.08 Å². The highest BCUT2D eigenvalue weighted by molar-refractivity contribution is 8.18. The molecule has 1 nitrogen and oxygen atoms in total. The van der Waals surface area contributed by atoms with Gasteiger partial charge in [-0.25, -0.2) is 0 Å². The zero-order valence-corrected chi connectivity index (χ0v) is 12.7. The Morgan fingerprint density at radius 2 is 1.74 bits per heavy atom. The smallest absolute Gasteiger partial charge is 0.118 e. The molecule has 0 spiro atoms. The van der Waals surface area contributed by atoms with Gasteiger partial charge in [-0.3, -0.25) is 0 Å². The van der Waals surface area contributed by atoms with Crippen molar-refractivity contribution >= 4 is 23.5 Å². The number of aliphatic hydroxyl groups is 1. The molecule has 1 fully saturated rings. The predicted octanol–water partition coefficient (Wildman–Crippen LogP) is 4.18. The van der Waals surface area contributed by atoms with Gasteiger partial charge in [0.05, 0.1) is 0 Å². The average Bonchev–Trinajstić information content (AvgIpc) is 2.49. The van der Waals surface area contributed by atoms with Crippen LogP contribution < -0.4 is 0 Å². The van der Waals surface area contributed by atoms with E-state index >= 15 is 0 Å². The molecule has 1 aliphatic heterocycles. The third-order valence-electron chi connectivity index (χ3n) is 3.95. The average molecular weight is 292 g/mol. The van der Waals surface area contributed by atoms with Crippen molar-refractivity contribution < 1.29 is 5.11 Å². The Kier molecular flexibility index (Phi) is 3.97. The number of rotatable bonds is 2. The maximum Gasteiger partial charge on any atom is 0.118 e. The van der Waals surface area contributed by atoms with Crippen molar-refractivity contribution in [2.45, 2.75) is 35.4 Å². The Bertz CT molecular complexity index is 451. The Hall–Kier alpha value is -0.380. The first-order chi connectivity index (χ1) is 9.27. The summed E-state index contributed by atoms with van der Waals surface area (Å²) in [5.41, 5.74) is 0.557. The summed E-state index contributed by atoms with van der Waals surface area (Å²) < 4.78 is -0.219. The van der Waals surface area contributed by atoms with Crippen LogP contribution in [0.15, 0.2) is 42.5 Å². The molecule has 19 heavy (non-hydrogen) atoms. The Morgan fingerprint density at radius 1 is 1.00 bits per heavy atom. The molecule has 102 valence electrons. The fraction of sp³-hybridized carbons (Fsp3) is 0.500. The van der Waals surface area contributed by atoms with Gasteiger partial charge in [0.15, 0.2) is 0 Å². The zero-order valence-electron chi connectivity index (χ0n) is 11.0. The normalized spacial score (nSPS) is 30.2. The second-order valence-electron chi connectivity index (χ2n) is 5.25. The van der Waals surface area contributed by atoms with E-state index in [9.17, 15) is 5.11 Å². The summed E-state index contributed by atoms with van der Waals surface area (Å²) in [7, 11) is 0. The van der Waals surface area contributed by atoms with Crippen LogP contribution in [0.4, 0.5) is 0 Å². The van der Waals surface area contributed by atoms with Crippen molar-refractivity contribution in [1.29, 1.82) is 0 Å². The minimum atomic E-state index is -0.706. The number of thioether (sulfide) groups is 2. The first kappa shape index (κ1) is 13.6. The molecule has 0 saturated carbocycles. The molecule has 1 N–H and O–H groups in total. The first-order valence-electron chi connectivity index (χ1n) is 7.00. The fourth-order valence-corrected chi connectivity index (χ4v) is 6.60. The highest BCUT2D eigenvalue weighted by atomic mass is 32.2. The first-order valence-corrected chi connectivity index (χ1v) is 8.97. The molecule has 1 aromatic rings. The summed E-state index contributed by atoms with van der Waals surface area (Å²) >= 11 is 3.86. The van der Waals surface area contributed by atoms with Crippen molar-refractivity contribution in [1.82, 2.24) is 0 Å². The molecule has 0 amide bonds. The van der Waals surface area contributed by atoms with E-state index in [2.05, 4.69) is 42.5 Å². The van der Waals surface area contributed by atoms with Crippen molar-refractivity contribution in [3.05, 3.63) is 48.0 Å². The standard InChI is InChI=1S/C16H20OS2/c17-15(10-5-2-6-11-15)16(18-12-7-13-19-16)14-8-3-1-4-9-14/h1,3-5,8-10,17H,2,6-7,11-13H2. The molecule has 1 atom stereocenters. The highest BCUT2D eigenvalue weighted by Crippen LogP contribution is 2.59. The van der Waals surface area contributed by atoms with E-state index < -0.39 is 5.60 Å². The van der Waals surface area contributed by atoms with Gasteiger partial charge >= 0.3 is 0 Å². The zero-order chi connectivity index (χ0) is 13.2. The molecule has 0 bridgehead atoms. The molecule has 0 aromatic heterocycles. The van der Waals surface area contributed by atoms with Gasteiger partial charge in [0.2, 0.25) is 0 Å². The van der Waals surface area contributed by atoms with Crippen molar-refractivity contribution in [2.75, 3.05) is 11.5 Å². The predicted molar refractivity (Wildman–Crippen MR) is 85.6 cm³/mol. The van der Waals surface area contributed by atoms with Crippen molar-refractivity contribution in [3.63, 3.8) is 0 Å². The maximum atomic E-state index is 11.3. The van der Waals surface area contributed by atoms with Crippen LogP contribution in [0.3, 0.4) is 0 Å². The van der Waals surface area contributed by atoms with Crippen molar-refractivity contribution in [2.24, 2.45) is 0 Å². The monoisotopic (exact) mass is 292 g/mol. The van der Waals surface area contributed by atoms with Gasteiger partial charge in [0.1, 0.15) is 9.68 Å². The van der Waals surface area contributed by atoms with Crippen LogP contribution in [-0.4, -0.2) is 22.2 Å². The molecule has 1 unspecified atom stereocenters. The molecular weight excluding hydrogens is 272 g/mol. The Morgan fingerprint density at radius 3 is 2.37 bits per heavy atom. The van der Waals surface area contributed by atoms with Gasteiger partial charge in [-0.05, 0) is 42.8 Å². The molecular formula is C16H20OS2. The Balaban J connectivity index is 2.06. The third-order valence-corrected chi connectivity index (χ3v) is 7.63. The summed E-state index contributed by atoms with van der Waals surface area (Å²) in [6.07, 6.45) is 8.52. The van der Waals surface area contributed by atoms with Crippen LogP contribution in [-0.2, 0) is 4.08 Å². The second kappa shape index (κ2) is 5.55. The number of hydrogen-bond acceptors (Lipinski definition) is 3. The maximum absolute atomic E-state index is 11.3. The fourth-order valence-electron chi connectivity index (χ4n) is 2.98. The molecule has 1 saturated heterocycles. The van der Waals surface area contributed by atoms with Crippen LogP contribution >= 0.6 is 23.5 Å². The van der Waals surface area contributed by atoms with E-state index in [1.54, 1.807) is 0 Å². The largest absolute Gasteiger partial charge is 0.383 e. The molecule has 3 rings (SSSR count). The van der Waals surface area contributed by atoms with Gasteiger partial charge in [-0.15, -0.1) is 23.5 Å². The highest BCUT2D eigenvalue weighted by Gasteiger charge is 2.52. The molecule has 0 radical (unpaired) electrons. The molecule has 1 heterocycles. The van der Waals surface area contributed by atoms with Gasteiger partial charge in [-0.2, -0.15) is 0 Å². The van der Waals surface area contributed by atoms with Gasteiger partial charge in [-0.1, -0.05) is 42.5 Å². The number of benzene rings is 1. The topological polar surface area (TPSA) is 20.2 Å². The van der Waals surface area contributed by atoms with Gasteiger partial charge < -0.3 is 5.11 Å². The van der Waals surface area contributed by atoms with E-state index in [1.807, 2.05) is 23.5 Å². The summed E-state index contributed by atoms with van der Waals surface area (Å²) in [5.74, 6) is 2.27. The van der Waals surface area contributed by atoms with Gasteiger partial charge in [0.25, 0.3) is 0 Å². The minimum absolute atomic E-state index is 0.219. The van der Waals surface area contributed by atoms with Crippen LogP contribution in [0.25, 0.3) is 0 Å². The van der Waals surface area contributed by atoms with Crippen LogP contribution in [0.1, 0.15) is 31.2 Å². The minimum Gasteiger partial charge on any atom is -0.383 e. The molecule has 3 heteroatoms.